The Morgan fingerprint density at radius 3 is 2.50 bits per heavy atom. The van der Waals surface area contributed by atoms with Crippen LogP contribution in [0.5, 0.6) is 0 Å². The molecular formula is C18H19F3N6O. The van der Waals surface area contributed by atoms with E-state index < -0.39 is 12.0 Å². The molecule has 1 saturated heterocycles. The van der Waals surface area contributed by atoms with Crippen molar-refractivity contribution < 1.29 is 17.9 Å². The van der Waals surface area contributed by atoms with Crippen LogP contribution in [0.4, 0.5) is 19.0 Å². The number of hydrogen-bond donors (Lipinski definition) is 1. The molecule has 148 valence electrons. The summed E-state index contributed by atoms with van der Waals surface area (Å²) in [6.07, 6.45) is -4.62. The van der Waals surface area contributed by atoms with Gasteiger partial charge in [0.05, 0.1) is 13.2 Å². The first-order valence-corrected chi connectivity index (χ1v) is 8.91. The summed E-state index contributed by atoms with van der Waals surface area (Å²) in [5, 5.41) is 13.8. The molecule has 0 radical (unpaired) electrons. The van der Waals surface area contributed by atoms with E-state index in [4.69, 9.17) is 4.74 Å². The van der Waals surface area contributed by atoms with Gasteiger partial charge < -0.3 is 10.1 Å². The lowest BCUT2D eigenvalue weighted by Crippen LogP contribution is -2.35. The maximum atomic E-state index is 13.0. The molecule has 0 spiro atoms. The van der Waals surface area contributed by atoms with Gasteiger partial charge in [-0.3, -0.25) is 4.90 Å². The van der Waals surface area contributed by atoms with Gasteiger partial charge in [0.1, 0.15) is 5.82 Å². The summed E-state index contributed by atoms with van der Waals surface area (Å²) in [6, 6.07) is 11.0. The van der Waals surface area contributed by atoms with Gasteiger partial charge in [0.2, 0.25) is 0 Å². The van der Waals surface area contributed by atoms with E-state index in [2.05, 4.69) is 31.6 Å². The van der Waals surface area contributed by atoms with E-state index in [-0.39, 0.29) is 5.65 Å². The van der Waals surface area contributed by atoms with Crippen LogP contribution in [-0.4, -0.2) is 51.0 Å². The second-order valence-corrected chi connectivity index (χ2v) is 6.52. The van der Waals surface area contributed by atoms with Gasteiger partial charge in [0, 0.05) is 26.2 Å². The van der Waals surface area contributed by atoms with E-state index in [1.54, 1.807) is 6.07 Å². The lowest BCUT2D eigenvalue weighted by molar-refractivity contribution is -0.146. The number of rotatable bonds is 5. The zero-order valence-electron chi connectivity index (χ0n) is 15.0. The molecule has 0 unspecified atom stereocenters. The Hall–Kier alpha value is -2.72. The van der Waals surface area contributed by atoms with Gasteiger partial charge in [-0.1, -0.05) is 24.3 Å². The van der Waals surface area contributed by atoms with Crippen LogP contribution >= 0.6 is 0 Å². The molecular weight excluding hydrogens is 373 g/mol. The number of hydrogen-bond acceptors (Lipinski definition) is 6. The predicted molar refractivity (Wildman–Crippen MR) is 95.6 cm³/mol. The summed E-state index contributed by atoms with van der Waals surface area (Å²) in [6.45, 7) is 4.47. The van der Waals surface area contributed by atoms with E-state index in [0.29, 0.717) is 16.9 Å². The number of fused-ring (bicyclic) bond motifs is 1. The minimum absolute atomic E-state index is 0.0468. The van der Waals surface area contributed by atoms with Crippen LogP contribution in [0, 0.1) is 0 Å². The number of nitrogens with one attached hydrogen (secondary N) is 1. The lowest BCUT2D eigenvalue weighted by Gasteiger charge is -2.27. The zero-order valence-corrected chi connectivity index (χ0v) is 15.0. The van der Waals surface area contributed by atoms with E-state index in [1.165, 1.54) is 11.6 Å². The molecule has 0 bridgehead atoms. The van der Waals surface area contributed by atoms with Crippen molar-refractivity contribution in [2.45, 2.75) is 19.3 Å². The fraction of sp³-hybridized carbons (Fsp3) is 0.389. The summed E-state index contributed by atoms with van der Waals surface area (Å²) in [5.41, 5.74) is 2.28. The monoisotopic (exact) mass is 392 g/mol. The normalized spacial score (nSPS) is 15.8. The van der Waals surface area contributed by atoms with Crippen molar-refractivity contribution in [1.82, 2.24) is 24.7 Å². The van der Waals surface area contributed by atoms with Crippen LogP contribution < -0.4 is 5.32 Å². The number of ether oxygens (including phenoxy) is 1. The Kier molecular flexibility index (Phi) is 5.14. The Bertz CT molecular complexity index is 952. The number of alkyl halides is 3. The zero-order chi connectivity index (χ0) is 19.6. The van der Waals surface area contributed by atoms with Crippen LogP contribution in [0.2, 0.25) is 0 Å². The standard InChI is InChI=1S/C18H19F3N6O/c19-18(20,21)17-24-23-16-6-5-15(25-27(16)17)22-11-13-3-1-2-4-14(13)12-26-7-9-28-10-8-26/h1-6H,7-12H2,(H,22,25). The van der Waals surface area contributed by atoms with Crippen LogP contribution in [0.15, 0.2) is 36.4 Å². The molecule has 2 aromatic heterocycles. The van der Waals surface area contributed by atoms with Gasteiger partial charge in [0.15, 0.2) is 5.65 Å². The summed E-state index contributed by atoms with van der Waals surface area (Å²) in [7, 11) is 0. The molecule has 4 rings (SSSR count). The largest absolute Gasteiger partial charge is 0.453 e. The summed E-state index contributed by atoms with van der Waals surface area (Å²) >= 11 is 0. The van der Waals surface area contributed by atoms with Crippen LogP contribution in [-0.2, 0) is 24.0 Å². The van der Waals surface area contributed by atoms with Crippen molar-refractivity contribution >= 4 is 11.5 Å². The minimum atomic E-state index is -4.62. The topological polar surface area (TPSA) is 67.6 Å². The quantitative estimate of drug-likeness (QED) is 0.720. The van der Waals surface area contributed by atoms with Crippen LogP contribution in [0.3, 0.4) is 0 Å². The molecule has 0 atom stereocenters. The first-order valence-electron chi connectivity index (χ1n) is 8.91. The Balaban J connectivity index is 1.50. The maximum Gasteiger partial charge on any atom is 0.453 e. The molecule has 10 heteroatoms. The van der Waals surface area contributed by atoms with Crippen LogP contribution in [0.25, 0.3) is 5.65 Å². The number of aromatic nitrogens is 4. The van der Waals surface area contributed by atoms with Gasteiger partial charge in [-0.25, -0.2) is 0 Å². The lowest BCUT2D eigenvalue weighted by atomic mass is 10.1. The summed E-state index contributed by atoms with van der Waals surface area (Å²) in [4.78, 5) is 2.32. The average molecular weight is 392 g/mol. The highest BCUT2D eigenvalue weighted by Gasteiger charge is 2.37. The SMILES string of the molecule is FC(F)(F)c1nnc2ccc(NCc3ccccc3CN3CCOCC3)nn12. The molecule has 0 saturated carbocycles. The second-order valence-electron chi connectivity index (χ2n) is 6.52. The van der Waals surface area contributed by atoms with Gasteiger partial charge in [-0.2, -0.15) is 17.7 Å². The van der Waals surface area contributed by atoms with E-state index in [1.807, 2.05) is 18.2 Å². The molecule has 1 aromatic carbocycles. The molecule has 3 aromatic rings. The highest BCUT2D eigenvalue weighted by molar-refractivity contribution is 5.45. The fourth-order valence-corrected chi connectivity index (χ4v) is 3.13. The Morgan fingerprint density at radius 1 is 1.00 bits per heavy atom. The molecule has 7 nitrogen and oxygen atoms in total. The first kappa shape index (κ1) is 18.6. The van der Waals surface area contributed by atoms with E-state index >= 15 is 0 Å². The molecule has 1 aliphatic heterocycles. The molecule has 1 fully saturated rings. The number of halogens is 3. The number of morpholine rings is 1. The maximum absolute atomic E-state index is 13.0. The van der Waals surface area contributed by atoms with Gasteiger partial charge >= 0.3 is 6.18 Å². The van der Waals surface area contributed by atoms with E-state index in [9.17, 15) is 13.2 Å². The minimum Gasteiger partial charge on any atom is -0.379 e. The molecule has 1 aliphatic rings. The third kappa shape index (κ3) is 4.07. The van der Waals surface area contributed by atoms with Gasteiger partial charge in [0.25, 0.3) is 5.82 Å². The average Bonchev–Trinajstić information content (AvgIpc) is 3.12. The third-order valence-corrected chi connectivity index (χ3v) is 4.59. The second kappa shape index (κ2) is 7.72. The van der Waals surface area contributed by atoms with Crippen molar-refractivity contribution in [3.8, 4) is 0 Å². The summed E-state index contributed by atoms with van der Waals surface area (Å²) in [5.74, 6) is -0.821. The van der Waals surface area contributed by atoms with Crippen molar-refractivity contribution in [2.24, 2.45) is 0 Å². The van der Waals surface area contributed by atoms with Crippen LogP contribution in [0.1, 0.15) is 17.0 Å². The third-order valence-electron chi connectivity index (χ3n) is 4.59. The molecule has 28 heavy (non-hydrogen) atoms. The molecule has 1 N–H and O–H groups in total. The fourth-order valence-electron chi connectivity index (χ4n) is 3.13. The van der Waals surface area contributed by atoms with Crippen molar-refractivity contribution in [2.75, 3.05) is 31.6 Å². The predicted octanol–water partition coefficient (Wildman–Crippen LogP) is 2.59. The molecule has 0 amide bonds. The van der Waals surface area contributed by atoms with Gasteiger partial charge in [-0.05, 0) is 23.3 Å². The van der Waals surface area contributed by atoms with Crippen molar-refractivity contribution in [3.05, 3.63) is 53.3 Å². The summed E-state index contributed by atoms with van der Waals surface area (Å²) < 4.78 is 45.1. The highest BCUT2D eigenvalue weighted by atomic mass is 19.4. The smallest absolute Gasteiger partial charge is 0.379 e. The number of benzene rings is 1. The molecule has 0 aliphatic carbocycles. The first-order chi connectivity index (χ1) is 13.5. The number of nitrogens with zero attached hydrogens (tertiary/aromatic N) is 5. The van der Waals surface area contributed by atoms with Crippen molar-refractivity contribution in [3.63, 3.8) is 0 Å². The van der Waals surface area contributed by atoms with Gasteiger partial charge in [-0.15, -0.1) is 15.3 Å². The number of anilines is 1. The Labute approximate surface area is 159 Å². The van der Waals surface area contributed by atoms with Crippen molar-refractivity contribution in [1.29, 1.82) is 0 Å². The van der Waals surface area contributed by atoms with E-state index in [0.717, 1.165) is 38.4 Å². The molecule has 3 heterocycles. The highest BCUT2D eigenvalue weighted by Crippen LogP contribution is 2.27. The Morgan fingerprint density at radius 2 is 1.75 bits per heavy atom.